The standard InChI is InChI=1S/C32H28B2N2/c1-31(2,3)32(33,34)21-13-16-27(35-18-21)20-12-14-22-19(17-20)11-15-26-25-9-6-8-24-23-7-4-5-10-28(23)36(29(22)26)30(24)25/h4-18H,33-34H2,1-3H3. The lowest BCUT2D eigenvalue weighted by Crippen LogP contribution is -2.41. The number of aromatic nitrogens is 2. The van der Waals surface area contributed by atoms with Crippen LogP contribution in [0.25, 0.3) is 60.1 Å². The van der Waals surface area contributed by atoms with Gasteiger partial charge in [0, 0.05) is 38.7 Å². The maximum atomic E-state index is 4.90. The number of rotatable bonds is 2. The third-order valence-electron chi connectivity index (χ3n) is 8.86. The summed E-state index contributed by atoms with van der Waals surface area (Å²) in [4.78, 5) is 4.90. The molecule has 0 spiro atoms. The molecule has 0 unspecified atom stereocenters. The first-order valence-corrected chi connectivity index (χ1v) is 12.8. The summed E-state index contributed by atoms with van der Waals surface area (Å²) in [7, 11) is 4.61. The zero-order valence-electron chi connectivity index (χ0n) is 21.6. The van der Waals surface area contributed by atoms with Gasteiger partial charge in [-0.1, -0.05) is 92.7 Å². The van der Waals surface area contributed by atoms with Crippen molar-refractivity contribution in [1.29, 1.82) is 0 Å². The van der Waals surface area contributed by atoms with Crippen LogP contribution < -0.4 is 0 Å². The molecule has 7 aromatic rings. The predicted octanol–water partition coefficient (Wildman–Crippen LogP) is 6.52. The summed E-state index contributed by atoms with van der Waals surface area (Å²) in [6, 6.07) is 31.2. The van der Waals surface area contributed by atoms with Gasteiger partial charge in [-0.15, -0.1) is 0 Å². The molecule has 0 radical (unpaired) electrons. The Balaban J connectivity index is 1.43. The Morgan fingerprint density at radius 2 is 1.33 bits per heavy atom. The van der Waals surface area contributed by atoms with Crippen molar-refractivity contribution in [3.05, 3.63) is 96.7 Å². The first-order valence-electron chi connectivity index (χ1n) is 12.8. The van der Waals surface area contributed by atoms with Crippen molar-refractivity contribution in [3.63, 3.8) is 0 Å². The number of hydrogen-bond donors (Lipinski definition) is 0. The highest BCUT2D eigenvalue weighted by Gasteiger charge is 2.34. The van der Waals surface area contributed by atoms with Crippen molar-refractivity contribution < 1.29 is 0 Å². The average molecular weight is 462 g/mol. The summed E-state index contributed by atoms with van der Waals surface area (Å²) < 4.78 is 2.47. The van der Waals surface area contributed by atoms with E-state index in [0.717, 1.165) is 11.3 Å². The van der Waals surface area contributed by atoms with Gasteiger partial charge in [0.15, 0.2) is 0 Å². The lowest BCUT2D eigenvalue weighted by Gasteiger charge is -2.39. The second-order valence-electron chi connectivity index (χ2n) is 11.8. The van der Waals surface area contributed by atoms with Crippen LogP contribution in [0, 0.1) is 5.41 Å². The molecule has 0 fully saturated rings. The molecular formula is C32H28B2N2. The topological polar surface area (TPSA) is 17.3 Å². The normalized spacial score (nSPS) is 13.1. The van der Waals surface area contributed by atoms with Gasteiger partial charge in [0.05, 0.1) is 22.2 Å². The van der Waals surface area contributed by atoms with Gasteiger partial charge >= 0.3 is 0 Å². The van der Waals surface area contributed by atoms with Gasteiger partial charge in [-0.3, -0.25) is 4.98 Å². The molecule has 0 atom stereocenters. The second-order valence-corrected chi connectivity index (χ2v) is 11.8. The van der Waals surface area contributed by atoms with Crippen molar-refractivity contribution in [2.24, 2.45) is 5.41 Å². The Hall–Kier alpha value is -3.78. The van der Waals surface area contributed by atoms with Crippen molar-refractivity contribution >= 4 is 64.6 Å². The van der Waals surface area contributed by atoms with Gasteiger partial charge < -0.3 is 4.40 Å². The fourth-order valence-electron chi connectivity index (χ4n) is 5.77. The fraction of sp³-hybridized carbons (Fsp3) is 0.156. The van der Waals surface area contributed by atoms with Crippen molar-refractivity contribution in [2.45, 2.75) is 26.0 Å². The number of pyridine rings is 1. The average Bonchev–Trinajstić information content (AvgIpc) is 3.40. The molecule has 7 rings (SSSR count). The molecule has 0 aliphatic rings. The van der Waals surface area contributed by atoms with E-state index >= 15 is 0 Å². The minimum Gasteiger partial charge on any atom is -0.307 e. The van der Waals surface area contributed by atoms with Gasteiger partial charge in [0.25, 0.3) is 0 Å². The molecule has 172 valence electrons. The summed E-state index contributed by atoms with van der Waals surface area (Å²) >= 11 is 0. The highest BCUT2D eigenvalue weighted by molar-refractivity contribution is 6.40. The predicted molar refractivity (Wildman–Crippen MR) is 160 cm³/mol. The Bertz CT molecular complexity index is 1940. The van der Waals surface area contributed by atoms with Gasteiger partial charge in [0.2, 0.25) is 0 Å². The summed E-state index contributed by atoms with van der Waals surface area (Å²) in [6.07, 6.45) is 2.06. The molecule has 0 saturated heterocycles. The van der Waals surface area contributed by atoms with Crippen LogP contribution >= 0.6 is 0 Å². The van der Waals surface area contributed by atoms with Crippen molar-refractivity contribution in [3.8, 4) is 11.3 Å². The minimum atomic E-state index is 0.0440. The molecule has 0 bridgehead atoms. The van der Waals surface area contributed by atoms with E-state index in [1.54, 1.807) is 0 Å². The van der Waals surface area contributed by atoms with Crippen LogP contribution in [0.3, 0.4) is 0 Å². The highest BCUT2D eigenvalue weighted by atomic mass is 14.9. The molecule has 0 aliphatic heterocycles. The molecule has 0 aliphatic carbocycles. The van der Waals surface area contributed by atoms with Crippen LogP contribution in [-0.2, 0) is 5.21 Å². The van der Waals surface area contributed by atoms with Crippen LogP contribution in [0.2, 0.25) is 0 Å². The van der Waals surface area contributed by atoms with Crippen LogP contribution in [-0.4, -0.2) is 25.1 Å². The number of nitrogens with zero attached hydrogens (tertiary/aromatic N) is 2. The van der Waals surface area contributed by atoms with E-state index in [9.17, 15) is 0 Å². The summed E-state index contributed by atoms with van der Waals surface area (Å²) in [5, 5.41) is 7.84. The van der Waals surface area contributed by atoms with Crippen LogP contribution in [0.15, 0.2) is 91.1 Å². The van der Waals surface area contributed by atoms with E-state index < -0.39 is 0 Å². The molecule has 0 N–H and O–H groups in total. The zero-order valence-corrected chi connectivity index (χ0v) is 21.6. The van der Waals surface area contributed by atoms with E-state index in [2.05, 4.69) is 132 Å². The van der Waals surface area contributed by atoms with Gasteiger partial charge in [-0.2, -0.15) is 0 Å². The van der Waals surface area contributed by atoms with E-state index in [1.165, 1.54) is 54.4 Å². The summed E-state index contributed by atoms with van der Waals surface area (Å²) in [5.74, 6) is 0. The van der Waals surface area contributed by atoms with E-state index in [-0.39, 0.29) is 10.6 Å². The molecule has 4 aromatic carbocycles. The molecule has 3 aromatic heterocycles. The first kappa shape index (κ1) is 21.5. The highest BCUT2D eigenvalue weighted by Crippen LogP contribution is 2.42. The molecule has 0 saturated carbocycles. The first-order chi connectivity index (χ1) is 17.3. The summed E-state index contributed by atoms with van der Waals surface area (Å²) in [5.41, 5.74) is 7.49. The molecule has 2 nitrogen and oxygen atoms in total. The second kappa shape index (κ2) is 7.13. The van der Waals surface area contributed by atoms with E-state index in [0.29, 0.717) is 0 Å². The van der Waals surface area contributed by atoms with Gasteiger partial charge in [0.1, 0.15) is 15.7 Å². The van der Waals surface area contributed by atoms with Crippen molar-refractivity contribution in [2.75, 3.05) is 0 Å². The smallest absolute Gasteiger partial charge is 0.105 e. The van der Waals surface area contributed by atoms with Crippen molar-refractivity contribution in [1.82, 2.24) is 9.38 Å². The Morgan fingerprint density at radius 3 is 2.08 bits per heavy atom. The summed E-state index contributed by atoms with van der Waals surface area (Å²) in [6.45, 7) is 6.88. The molecule has 36 heavy (non-hydrogen) atoms. The number of fused-ring (bicyclic) bond motifs is 8. The quantitative estimate of drug-likeness (QED) is 0.268. The Morgan fingerprint density at radius 1 is 0.667 bits per heavy atom. The minimum absolute atomic E-state index is 0.0440. The fourth-order valence-corrected chi connectivity index (χ4v) is 5.77. The number of benzene rings is 4. The molecule has 3 heterocycles. The van der Waals surface area contributed by atoms with Gasteiger partial charge in [-0.25, -0.2) is 0 Å². The van der Waals surface area contributed by atoms with E-state index in [1.807, 2.05) is 0 Å². The zero-order chi connectivity index (χ0) is 24.8. The largest absolute Gasteiger partial charge is 0.307 e. The molecule has 4 heteroatoms. The maximum absolute atomic E-state index is 4.90. The monoisotopic (exact) mass is 462 g/mol. The third-order valence-corrected chi connectivity index (χ3v) is 8.86. The number of hydrogen-bond acceptors (Lipinski definition) is 1. The number of para-hydroxylation sites is 2. The lowest BCUT2D eigenvalue weighted by atomic mass is 9.41. The molecule has 0 amide bonds. The third kappa shape index (κ3) is 2.79. The lowest BCUT2D eigenvalue weighted by molar-refractivity contribution is 0.358. The SMILES string of the molecule is BC(B)(c1ccc(-c2ccc3c(ccc4c5cccc6c7ccccc7n(c34)c65)c2)nc1)C(C)(C)C. The van der Waals surface area contributed by atoms with Crippen LogP contribution in [0.5, 0.6) is 0 Å². The van der Waals surface area contributed by atoms with Gasteiger partial charge in [-0.05, 0) is 34.6 Å². The maximum Gasteiger partial charge on any atom is 0.105 e. The van der Waals surface area contributed by atoms with Crippen LogP contribution in [0.1, 0.15) is 26.3 Å². The molecular weight excluding hydrogens is 434 g/mol. The van der Waals surface area contributed by atoms with Crippen LogP contribution in [0.4, 0.5) is 0 Å². The Kier molecular flexibility index (Phi) is 4.26. The van der Waals surface area contributed by atoms with E-state index in [4.69, 9.17) is 4.98 Å². The Labute approximate surface area is 213 Å².